The molecule has 0 saturated carbocycles. The van der Waals surface area contributed by atoms with Crippen LogP contribution in [0.2, 0.25) is 0 Å². The highest BCUT2D eigenvalue weighted by Gasteiger charge is 2.34. The molecule has 1 aliphatic heterocycles. The highest BCUT2D eigenvalue weighted by atomic mass is 32.2. The lowest BCUT2D eigenvalue weighted by molar-refractivity contribution is -0.128. The molecule has 1 aliphatic rings. The molecule has 1 saturated heterocycles. The molecule has 4 rings (SSSR count). The van der Waals surface area contributed by atoms with Crippen molar-refractivity contribution in [2.75, 3.05) is 19.9 Å². The number of carbonyl (C=O) groups excluding carboxylic acids is 1. The molecule has 1 fully saturated rings. The van der Waals surface area contributed by atoms with Gasteiger partial charge in [-0.2, -0.15) is 4.98 Å². The highest BCUT2D eigenvalue weighted by molar-refractivity contribution is 7.98. The van der Waals surface area contributed by atoms with E-state index in [0.29, 0.717) is 31.2 Å². The quantitative estimate of drug-likeness (QED) is 0.588. The van der Waals surface area contributed by atoms with Crippen LogP contribution in [0.1, 0.15) is 23.8 Å². The Balaban J connectivity index is 1.47. The van der Waals surface area contributed by atoms with Gasteiger partial charge in [-0.1, -0.05) is 23.4 Å². The second kappa shape index (κ2) is 8.06. The van der Waals surface area contributed by atoms with Gasteiger partial charge in [-0.3, -0.25) is 4.79 Å². The molecule has 1 aromatic heterocycles. The highest BCUT2D eigenvalue weighted by Crippen LogP contribution is 2.31. The van der Waals surface area contributed by atoms with Gasteiger partial charge < -0.3 is 14.2 Å². The average Bonchev–Trinajstić information content (AvgIpc) is 3.36. The molecule has 28 heavy (non-hydrogen) atoms. The van der Waals surface area contributed by atoms with Gasteiger partial charge in [-0.25, -0.2) is 0 Å². The number of methoxy groups -OCH3 is 1. The van der Waals surface area contributed by atoms with Crippen LogP contribution in [0.15, 0.2) is 57.9 Å². The van der Waals surface area contributed by atoms with Crippen LogP contribution in [-0.4, -0.2) is 40.9 Å². The number of hydrogen-bond donors (Lipinski definition) is 0. The minimum atomic E-state index is -0.0890. The zero-order valence-corrected chi connectivity index (χ0v) is 16.6. The minimum absolute atomic E-state index is 0.0833. The molecule has 2 aromatic carbocycles. The van der Waals surface area contributed by atoms with Crippen LogP contribution in [0.4, 0.5) is 0 Å². The van der Waals surface area contributed by atoms with Crippen molar-refractivity contribution in [3.05, 3.63) is 60.0 Å². The molecule has 7 heteroatoms. The standard InChI is InChI=1S/C21H21N3O3S/c1-26-18-6-4-3-5-15(18)12-24-13-16(11-19(24)25)21-22-20(23-27-21)14-7-9-17(28-2)10-8-14/h3-10,16H,11-13H2,1-2H3. The Bertz CT molecular complexity index is 971. The van der Waals surface area contributed by atoms with Crippen molar-refractivity contribution in [3.63, 3.8) is 0 Å². The Hall–Kier alpha value is -2.80. The Kier molecular flexibility index (Phi) is 5.34. The third kappa shape index (κ3) is 3.75. The summed E-state index contributed by atoms with van der Waals surface area (Å²) in [6.45, 7) is 1.07. The summed E-state index contributed by atoms with van der Waals surface area (Å²) in [5.41, 5.74) is 1.89. The molecule has 0 spiro atoms. The van der Waals surface area contributed by atoms with E-state index in [9.17, 15) is 4.79 Å². The number of amides is 1. The number of para-hydroxylation sites is 1. The van der Waals surface area contributed by atoms with Crippen molar-refractivity contribution < 1.29 is 14.1 Å². The normalized spacial score (nSPS) is 16.6. The van der Waals surface area contributed by atoms with E-state index in [2.05, 4.69) is 10.1 Å². The van der Waals surface area contributed by atoms with Gasteiger partial charge in [0.05, 0.1) is 13.0 Å². The van der Waals surface area contributed by atoms with E-state index in [-0.39, 0.29) is 11.8 Å². The predicted molar refractivity (Wildman–Crippen MR) is 107 cm³/mol. The molecular weight excluding hydrogens is 374 g/mol. The second-order valence-corrected chi connectivity index (χ2v) is 7.55. The maximum Gasteiger partial charge on any atom is 0.232 e. The van der Waals surface area contributed by atoms with Gasteiger partial charge in [-0.05, 0) is 36.6 Å². The predicted octanol–water partition coefficient (Wildman–Crippen LogP) is 3.98. The van der Waals surface area contributed by atoms with E-state index in [1.54, 1.807) is 18.9 Å². The van der Waals surface area contributed by atoms with E-state index in [4.69, 9.17) is 9.26 Å². The molecule has 0 radical (unpaired) electrons. The maximum absolute atomic E-state index is 12.5. The van der Waals surface area contributed by atoms with Crippen molar-refractivity contribution in [2.24, 2.45) is 0 Å². The Morgan fingerprint density at radius 2 is 2.00 bits per heavy atom. The number of benzene rings is 2. The zero-order valence-electron chi connectivity index (χ0n) is 15.8. The van der Waals surface area contributed by atoms with Gasteiger partial charge in [0, 0.05) is 35.5 Å². The molecule has 1 amide bonds. The van der Waals surface area contributed by atoms with Gasteiger partial charge >= 0.3 is 0 Å². The van der Waals surface area contributed by atoms with Gasteiger partial charge in [0.1, 0.15) is 5.75 Å². The summed E-state index contributed by atoms with van der Waals surface area (Å²) >= 11 is 1.69. The fourth-order valence-electron chi connectivity index (χ4n) is 3.39. The molecule has 1 unspecified atom stereocenters. The molecule has 3 aromatic rings. The first-order valence-corrected chi connectivity index (χ1v) is 10.3. The summed E-state index contributed by atoms with van der Waals surface area (Å²) in [6.07, 6.45) is 2.41. The third-order valence-corrected chi connectivity index (χ3v) is 5.65. The number of nitrogens with zero attached hydrogens (tertiary/aromatic N) is 3. The van der Waals surface area contributed by atoms with Crippen LogP contribution in [0.5, 0.6) is 5.75 Å². The number of aromatic nitrogens is 2. The first kappa shape index (κ1) is 18.6. The van der Waals surface area contributed by atoms with E-state index < -0.39 is 0 Å². The Labute approximate surface area is 167 Å². The summed E-state index contributed by atoms with van der Waals surface area (Å²) in [5.74, 6) is 1.85. The fourth-order valence-corrected chi connectivity index (χ4v) is 3.80. The third-order valence-electron chi connectivity index (χ3n) is 4.91. The Morgan fingerprint density at radius 3 is 2.75 bits per heavy atom. The minimum Gasteiger partial charge on any atom is -0.496 e. The van der Waals surface area contributed by atoms with E-state index in [0.717, 1.165) is 16.9 Å². The lowest BCUT2D eigenvalue weighted by Crippen LogP contribution is -2.24. The van der Waals surface area contributed by atoms with Gasteiger partial charge in [0.25, 0.3) is 0 Å². The molecule has 0 bridgehead atoms. The largest absolute Gasteiger partial charge is 0.496 e. The summed E-state index contributed by atoms with van der Waals surface area (Å²) in [6, 6.07) is 15.8. The second-order valence-electron chi connectivity index (χ2n) is 6.67. The van der Waals surface area contributed by atoms with Crippen molar-refractivity contribution in [2.45, 2.75) is 23.8 Å². The number of hydrogen-bond acceptors (Lipinski definition) is 6. The van der Waals surface area contributed by atoms with E-state index in [1.165, 1.54) is 4.90 Å². The van der Waals surface area contributed by atoms with Crippen LogP contribution >= 0.6 is 11.8 Å². The van der Waals surface area contributed by atoms with Crippen molar-refractivity contribution in [3.8, 4) is 17.1 Å². The van der Waals surface area contributed by atoms with Crippen molar-refractivity contribution >= 4 is 17.7 Å². The summed E-state index contributed by atoms with van der Waals surface area (Å²) in [5, 5.41) is 4.11. The number of rotatable bonds is 6. The van der Waals surface area contributed by atoms with Crippen LogP contribution in [0.3, 0.4) is 0 Å². The molecule has 6 nitrogen and oxygen atoms in total. The fraction of sp³-hybridized carbons (Fsp3) is 0.286. The first-order chi connectivity index (χ1) is 13.7. The summed E-state index contributed by atoms with van der Waals surface area (Å²) < 4.78 is 10.9. The molecule has 0 aliphatic carbocycles. The number of thioether (sulfide) groups is 1. The number of likely N-dealkylation sites (tertiary alicyclic amines) is 1. The van der Waals surface area contributed by atoms with Crippen molar-refractivity contribution in [1.82, 2.24) is 15.0 Å². The molecule has 144 valence electrons. The van der Waals surface area contributed by atoms with Crippen LogP contribution in [-0.2, 0) is 11.3 Å². The van der Waals surface area contributed by atoms with Gasteiger partial charge in [-0.15, -0.1) is 11.8 Å². The molecule has 2 heterocycles. The van der Waals surface area contributed by atoms with Crippen LogP contribution in [0.25, 0.3) is 11.4 Å². The number of ether oxygens (including phenoxy) is 1. The lowest BCUT2D eigenvalue weighted by atomic mass is 10.1. The smallest absolute Gasteiger partial charge is 0.232 e. The molecular formula is C21H21N3O3S. The molecule has 0 N–H and O–H groups in total. The number of carbonyl (C=O) groups is 1. The molecule has 1 atom stereocenters. The summed E-state index contributed by atoms with van der Waals surface area (Å²) in [4.78, 5) is 20.0. The monoisotopic (exact) mass is 395 g/mol. The van der Waals surface area contributed by atoms with E-state index in [1.807, 2.05) is 59.7 Å². The zero-order chi connectivity index (χ0) is 19.5. The van der Waals surface area contributed by atoms with E-state index >= 15 is 0 Å². The topological polar surface area (TPSA) is 68.5 Å². The van der Waals surface area contributed by atoms with Crippen LogP contribution in [0, 0.1) is 0 Å². The van der Waals surface area contributed by atoms with Gasteiger partial charge in [0.15, 0.2) is 0 Å². The van der Waals surface area contributed by atoms with Crippen LogP contribution < -0.4 is 4.74 Å². The van der Waals surface area contributed by atoms with Crippen molar-refractivity contribution in [1.29, 1.82) is 0 Å². The first-order valence-electron chi connectivity index (χ1n) is 9.05. The Morgan fingerprint density at radius 1 is 1.21 bits per heavy atom. The summed E-state index contributed by atoms with van der Waals surface area (Å²) in [7, 11) is 1.64. The maximum atomic E-state index is 12.5. The lowest BCUT2D eigenvalue weighted by Gasteiger charge is -2.17. The SMILES string of the molecule is COc1ccccc1CN1CC(c2nc(-c3ccc(SC)cc3)no2)CC1=O. The average molecular weight is 395 g/mol. The van der Waals surface area contributed by atoms with Gasteiger partial charge in [0.2, 0.25) is 17.6 Å².